The van der Waals surface area contributed by atoms with Crippen molar-refractivity contribution in [3.05, 3.63) is 160 Å². The minimum atomic E-state index is -4.03. The Morgan fingerprint density at radius 3 is 1.19 bits per heavy atom. The van der Waals surface area contributed by atoms with E-state index in [0.29, 0.717) is 32.2 Å². The molecule has 14 nitrogen and oxygen atoms in total. The topological polar surface area (TPSA) is 227 Å². The molecule has 0 bridgehead atoms. The Morgan fingerprint density at radius 1 is 0.500 bits per heavy atom. The number of aromatic amines is 4. The molecule has 16 heteroatoms. The highest BCUT2D eigenvalue weighted by molar-refractivity contribution is 7.89. The number of benzene rings is 4. The summed E-state index contributed by atoms with van der Waals surface area (Å²) in [4.78, 5) is 34.6. The third-order valence-electron chi connectivity index (χ3n) is 8.92. The van der Waals surface area contributed by atoms with E-state index < -0.39 is 31.2 Å². The average Bonchev–Trinajstić information content (AvgIpc) is 3.84. The normalized spacial score (nSPS) is 14.3. The summed E-state index contributed by atoms with van der Waals surface area (Å²) < 4.78 is 50.5. The van der Waals surface area contributed by atoms with E-state index in [1.54, 1.807) is 12.1 Å². The third kappa shape index (κ3) is 5.16. The van der Waals surface area contributed by atoms with Crippen molar-refractivity contribution in [1.29, 1.82) is 0 Å². The molecule has 0 unspecified atom stereocenters. The largest absolute Gasteiger partial charge is 0.352 e. The molecule has 4 aromatic carbocycles. The van der Waals surface area contributed by atoms with Crippen LogP contribution >= 0.6 is 0 Å². The van der Waals surface area contributed by atoms with E-state index in [0.717, 1.165) is 10.8 Å². The molecule has 8 N–H and O–H groups in total. The highest BCUT2D eigenvalue weighted by Crippen LogP contribution is 2.22. The maximum atomic E-state index is 14.0. The lowest BCUT2D eigenvalue weighted by atomic mass is 10.1. The van der Waals surface area contributed by atoms with E-state index in [-0.39, 0.29) is 42.3 Å². The van der Waals surface area contributed by atoms with Crippen LogP contribution in [0.4, 0.5) is 0 Å². The lowest BCUT2D eigenvalue weighted by Gasteiger charge is -2.03. The Balaban J connectivity index is 1.50. The standard InChI is InChI=1S/C36H28N8O6S2/c1-19-29(35(45)43(41-19)21-9-7-11-23(17-21)51(37,47)48)31-25-13-3-5-15-27(25)33(39-31)34-28-16-6-4-14-26(28)32(40-34)30-20(2)42-44(36(30)46)22-10-8-12-24(18-22)52(38,49)50/h3-18,39-42H,1-2H2,(H2,37,47,48)(H2,38,49,50)/b31-29-,32-30-,34-33+. The van der Waals surface area contributed by atoms with Gasteiger partial charge >= 0.3 is 0 Å². The average molecular weight is 733 g/mol. The number of nitrogens with one attached hydrogen (secondary N) is 4. The summed E-state index contributed by atoms with van der Waals surface area (Å²) in [5.41, 5.74) is -0.455. The second-order valence-electron chi connectivity index (χ2n) is 12.1. The first-order valence-electron chi connectivity index (χ1n) is 15.6. The fourth-order valence-corrected chi connectivity index (χ4v) is 7.70. The molecule has 0 aliphatic carbocycles. The van der Waals surface area contributed by atoms with Gasteiger partial charge in [-0.3, -0.25) is 19.8 Å². The minimum Gasteiger partial charge on any atom is -0.352 e. The summed E-state index contributed by atoms with van der Waals surface area (Å²) in [6, 6.07) is 26.3. The van der Waals surface area contributed by atoms with Crippen molar-refractivity contribution >= 4 is 54.7 Å². The fourth-order valence-electron chi connectivity index (χ4n) is 6.59. The van der Waals surface area contributed by atoms with Gasteiger partial charge < -0.3 is 9.97 Å². The second kappa shape index (κ2) is 11.5. The molecule has 0 spiro atoms. The van der Waals surface area contributed by atoms with Crippen molar-refractivity contribution in [2.45, 2.75) is 9.79 Å². The Kier molecular flexibility index (Phi) is 7.26. The van der Waals surface area contributed by atoms with E-state index in [1.807, 2.05) is 48.5 Å². The van der Waals surface area contributed by atoms with Crippen molar-refractivity contribution in [2.75, 3.05) is 0 Å². The summed E-state index contributed by atoms with van der Waals surface area (Å²) in [5.74, 6) is 0. The molecule has 4 heterocycles. The monoisotopic (exact) mass is 732 g/mol. The van der Waals surface area contributed by atoms with Crippen molar-refractivity contribution < 1.29 is 16.8 Å². The zero-order valence-electron chi connectivity index (χ0n) is 27.0. The molecular formula is C36H28N8O6S2. The van der Waals surface area contributed by atoms with Crippen molar-refractivity contribution in [3.63, 3.8) is 0 Å². The number of fused-ring (bicyclic) bond motifs is 2. The SMILES string of the molecule is C=c1[nH]n(-c2cccc(S(N)(=O)=O)c2)c(=O)/c1=c1\[nH]/c(=c2/[nH]/c(=c3/c(=C)[nH]n(-c4cccc(S(N)(=O)=O)c4)c3=O)c3ccccc23)c2ccccc12. The lowest BCUT2D eigenvalue weighted by Crippen LogP contribution is -2.17. The quantitative estimate of drug-likeness (QED) is 0.157. The molecule has 8 rings (SSSR count). The van der Waals surface area contributed by atoms with Crippen LogP contribution in [0.15, 0.2) is 116 Å². The van der Waals surface area contributed by atoms with Crippen LogP contribution in [0.3, 0.4) is 0 Å². The van der Waals surface area contributed by atoms with Crippen LogP contribution in [0.2, 0.25) is 0 Å². The van der Waals surface area contributed by atoms with Gasteiger partial charge in [0.25, 0.3) is 11.1 Å². The summed E-state index contributed by atoms with van der Waals surface area (Å²) in [7, 11) is -8.05. The van der Waals surface area contributed by atoms with Gasteiger partial charge in [0.15, 0.2) is 0 Å². The molecule has 4 aromatic heterocycles. The van der Waals surface area contributed by atoms with Gasteiger partial charge in [0, 0.05) is 21.5 Å². The lowest BCUT2D eigenvalue weighted by molar-refractivity contribution is 0.596. The van der Waals surface area contributed by atoms with Gasteiger partial charge in [-0.2, -0.15) is 0 Å². The van der Waals surface area contributed by atoms with Gasteiger partial charge in [-0.25, -0.2) is 36.5 Å². The maximum Gasteiger partial charge on any atom is 0.281 e. The first kappa shape index (κ1) is 32.7. The number of rotatable bonds is 4. The van der Waals surface area contributed by atoms with E-state index in [4.69, 9.17) is 10.3 Å². The first-order valence-corrected chi connectivity index (χ1v) is 18.6. The van der Waals surface area contributed by atoms with Crippen LogP contribution in [0, 0.1) is 31.8 Å². The molecule has 0 aliphatic rings. The molecule has 0 saturated heterocycles. The number of sulfonamides is 2. The van der Waals surface area contributed by atoms with Gasteiger partial charge in [-0.05, 0) is 36.4 Å². The van der Waals surface area contributed by atoms with E-state index in [1.165, 1.54) is 45.8 Å². The van der Waals surface area contributed by atoms with Gasteiger partial charge in [0.05, 0.1) is 63.7 Å². The van der Waals surface area contributed by atoms with Crippen LogP contribution in [-0.4, -0.2) is 46.4 Å². The molecule has 260 valence electrons. The summed E-state index contributed by atoms with van der Waals surface area (Å²) in [5, 5.41) is 22.7. The van der Waals surface area contributed by atoms with Crippen molar-refractivity contribution in [2.24, 2.45) is 10.3 Å². The van der Waals surface area contributed by atoms with E-state index in [9.17, 15) is 26.4 Å². The molecule has 0 amide bonds. The summed E-state index contributed by atoms with van der Waals surface area (Å²) >= 11 is 0. The van der Waals surface area contributed by atoms with Gasteiger partial charge in [-0.15, -0.1) is 0 Å². The Bertz CT molecular complexity index is 3340. The van der Waals surface area contributed by atoms with Gasteiger partial charge in [-0.1, -0.05) is 73.8 Å². The highest BCUT2D eigenvalue weighted by atomic mass is 32.2. The molecule has 52 heavy (non-hydrogen) atoms. The summed E-state index contributed by atoms with van der Waals surface area (Å²) in [6.45, 7) is 8.18. The number of hydrogen-bond donors (Lipinski definition) is 6. The van der Waals surface area contributed by atoms with Crippen LogP contribution in [0.25, 0.3) is 46.1 Å². The van der Waals surface area contributed by atoms with Crippen LogP contribution < -0.4 is 32.1 Å². The number of aromatic nitrogens is 6. The molecule has 8 aromatic rings. The molecule has 0 aliphatic heterocycles. The van der Waals surface area contributed by atoms with Crippen LogP contribution in [-0.2, 0) is 20.0 Å². The number of nitrogens with two attached hydrogens (primary N) is 2. The Labute approximate surface area is 292 Å². The first-order chi connectivity index (χ1) is 24.7. The number of primary sulfonamides is 2. The van der Waals surface area contributed by atoms with Gasteiger partial charge in [0.1, 0.15) is 0 Å². The van der Waals surface area contributed by atoms with E-state index in [2.05, 4.69) is 33.3 Å². The van der Waals surface area contributed by atoms with Crippen molar-refractivity contribution in [1.82, 2.24) is 29.5 Å². The Morgan fingerprint density at radius 2 is 0.846 bits per heavy atom. The predicted octanol–water partition coefficient (Wildman–Crippen LogP) is 1.58. The minimum absolute atomic E-state index is 0.155. The fraction of sp³-hybridized carbons (Fsp3) is 0. The molecule has 0 saturated carbocycles. The highest BCUT2D eigenvalue weighted by Gasteiger charge is 2.15. The second-order valence-corrected chi connectivity index (χ2v) is 15.3. The zero-order valence-corrected chi connectivity index (χ0v) is 28.6. The van der Waals surface area contributed by atoms with Gasteiger partial charge in [0.2, 0.25) is 20.0 Å². The van der Waals surface area contributed by atoms with Crippen molar-refractivity contribution in [3.8, 4) is 11.4 Å². The third-order valence-corrected chi connectivity index (χ3v) is 10.7. The molecule has 0 fully saturated rings. The summed E-state index contributed by atoms with van der Waals surface area (Å²) in [6.07, 6.45) is 0. The number of H-pyrrole nitrogens is 4. The molecular weight excluding hydrogens is 705 g/mol. The zero-order chi connectivity index (χ0) is 36.7. The number of hydrogen-bond acceptors (Lipinski definition) is 6. The maximum absolute atomic E-state index is 14.0. The Hall–Kier alpha value is -6.46. The van der Waals surface area contributed by atoms with E-state index >= 15 is 0 Å². The smallest absolute Gasteiger partial charge is 0.281 e. The van der Waals surface area contributed by atoms with Crippen LogP contribution in [0.1, 0.15) is 0 Å². The molecule has 0 atom stereocenters. The molecule has 0 radical (unpaired) electrons. The predicted molar refractivity (Wildman–Crippen MR) is 195 cm³/mol. The number of nitrogens with zero attached hydrogens (tertiary/aromatic N) is 2. The van der Waals surface area contributed by atoms with Crippen LogP contribution in [0.5, 0.6) is 0 Å².